The zero-order valence-corrected chi connectivity index (χ0v) is 14.6. The molecule has 10 heteroatoms. The highest BCUT2D eigenvalue weighted by Crippen LogP contribution is 2.30. The van der Waals surface area contributed by atoms with Crippen LogP contribution >= 0.6 is 11.6 Å². The molecule has 3 heterocycles. The Morgan fingerprint density at radius 2 is 1.78 bits per heavy atom. The van der Waals surface area contributed by atoms with Gasteiger partial charge in [0.1, 0.15) is 16.6 Å². The Bertz CT molecular complexity index is 1230. The second kappa shape index (κ2) is 6.29. The SMILES string of the molecule is N/N=c1/c(N)nc(-c2ccc(F)cc2)c(-c2ccc3ncc(Cl)n3c2)n1N. The minimum absolute atomic E-state index is 0.0461. The number of imidazole rings is 1. The van der Waals surface area contributed by atoms with Gasteiger partial charge in [-0.2, -0.15) is 5.10 Å². The third kappa shape index (κ3) is 2.74. The van der Waals surface area contributed by atoms with E-state index < -0.39 is 0 Å². The third-order valence-electron chi connectivity index (χ3n) is 4.13. The monoisotopic (exact) mass is 384 g/mol. The first-order valence-corrected chi connectivity index (χ1v) is 8.18. The Morgan fingerprint density at radius 3 is 2.48 bits per heavy atom. The molecule has 3 aromatic heterocycles. The number of nitrogens with zero attached hydrogens (tertiary/aromatic N) is 5. The average molecular weight is 385 g/mol. The van der Waals surface area contributed by atoms with E-state index in [4.69, 9.17) is 29.0 Å². The first kappa shape index (κ1) is 16.9. The standard InChI is InChI=1S/C17H14ClFN8/c18-12-7-23-13-6-3-10(8-26(12)13)15-14(9-1-4-11(19)5-2-9)24-16(20)17(25-21)27(15)22/h1-8H,21-22H2,(H2,20,24)/b25-17-. The molecule has 0 unspecified atom stereocenters. The number of nitrogens with two attached hydrogens (primary N) is 3. The van der Waals surface area contributed by atoms with Gasteiger partial charge in [0.15, 0.2) is 5.82 Å². The molecule has 4 aromatic rings. The quantitative estimate of drug-likeness (QED) is 0.358. The van der Waals surface area contributed by atoms with Gasteiger partial charge >= 0.3 is 0 Å². The third-order valence-corrected chi connectivity index (χ3v) is 4.41. The lowest BCUT2D eigenvalue weighted by molar-refractivity contribution is 0.628. The van der Waals surface area contributed by atoms with Crippen LogP contribution in [0.25, 0.3) is 28.2 Å². The highest BCUT2D eigenvalue weighted by Gasteiger charge is 2.17. The summed E-state index contributed by atoms with van der Waals surface area (Å²) in [7, 11) is 0. The first-order valence-electron chi connectivity index (χ1n) is 7.80. The second-order valence-corrected chi connectivity index (χ2v) is 6.14. The Balaban J connectivity index is 2.07. The van der Waals surface area contributed by atoms with Gasteiger partial charge in [-0.25, -0.2) is 19.0 Å². The van der Waals surface area contributed by atoms with Crippen molar-refractivity contribution in [1.82, 2.24) is 19.0 Å². The number of pyridine rings is 1. The number of anilines is 1. The van der Waals surface area contributed by atoms with Gasteiger partial charge in [-0.3, -0.25) is 4.40 Å². The fourth-order valence-corrected chi connectivity index (χ4v) is 3.06. The van der Waals surface area contributed by atoms with Crippen molar-refractivity contribution < 1.29 is 4.39 Å². The van der Waals surface area contributed by atoms with Crippen LogP contribution in [0.3, 0.4) is 0 Å². The molecule has 0 atom stereocenters. The van der Waals surface area contributed by atoms with Crippen molar-refractivity contribution >= 4 is 23.1 Å². The van der Waals surface area contributed by atoms with E-state index in [0.29, 0.717) is 33.3 Å². The summed E-state index contributed by atoms with van der Waals surface area (Å²) in [4.78, 5) is 8.58. The molecular weight excluding hydrogens is 371 g/mol. The van der Waals surface area contributed by atoms with Crippen molar-refractivity contribution in [3.05, 3.63) is 65.2 Å². The van der Waals surface area contributed by atoms with E-state index in [2.05, 4.69) is 15.1 Å². The van der Waals surface area contributed by atoms with E-state index in [0.717, 1.165) is 0 Å². The van der Waals surface area contributed by atoms with Crippen LogP contribution < -0.4 is 22.9 Å². The van der Waals surface area contributed by atoms with Crippen molar-refractivity contribution in [2.24, 2.45) is 10.9 Å². The summed E-state index contributed by atoms with van der Waals surface area (Å²) in [6, 6.07) is 9.42. The normalized spacial score (nSPS) is 12.0. The number of rotatable bonds is 2. The molecule has 1 aromatic carbocycles. The van der Waals surface area contributed by atoms with Gasteiger partial charge in [-0.05, 0) is 36.4 Å². The van der Waals surface area contributed by atoms with E-state index >= 15 is 0 Å². The molecule has 0 aliphatic rings. The number of aromatic nitrogens is 4. The van der Waals surface area contributed by atoms with Crippen molar-refractivity contribution in [3.8, 4) is 22.5 Å². The summed E-state index contributed by atoms with van der Waals surface area (Å²) in [5, 5.41) is 4.06. The lowest BCUT2D eigenvalue weighted by atomic mass is 10.0. The summed E-state index contributed by atoms with van der Waals surface area (Å²) in [5.41, 5.74) is 8.93. The van der Waals surface area contributed by atoms with Gasteiger partial charge in [-0.1, -0.05) is 11.6 Å². The number of hydrogen-bond donors (Lipinski definition) is 3. The molecule has 4 rings (SSSR count). The summed E-state index contributed by atoms with van der Waals surface area (Å²) in [6.45, 7) is 0. The van der Waals surface area contributed by atoms with E-state index in [-0.39, 0.29) is 17.1 Å². The maximum atomic E-state index is 13.4. The molecule has 0 saturated heterocycles. The zero-order chi connectivity index (χ0) is 19.1. The number of fused-ring (bicyclic) bond motifs is 1. The first-order chi connectivity index (χ1) is 13.0. The molecule has 0 aliphatic carbocycles. The number of halogens is 2. The molecule has 6 N–H and O–H groups in total. The van der Waals surface area contributed by atoms with Crippen molar-refractivity contribution in [2.45, 2.75) is 0 Å². The smallest absolute Gasteiger partial charge is 0.213 e. The van der Waals surface area contributed by atoms with Gasteiger partial charge < -0.3 is 17.4 Å². The average Bonchev–Trinajstić information content (AvgIpc) is 3.03. The van der Waals surface area contributed by atoms with Crippen LogP contribution in [0, 0.1) is 5.82 Å². The van der Waals surface area contributed by atoms with Gasteiger partial charge in [0, 0.05) is 17.3 Å². The van der Waals surface area contributed by atoms with Crippen LogP contribution in [-0.4, -0.2) is 19.0 Å². The van der Waals surface area contributed by atoms with E-state index in [1.54, 1.807) is 35.0 Å². The van der Waals surface area contributed by atoms with Crippen LogP contribution in [0.4, 0.5) is 10.2 Å². The number of benzene rings is 1. The van der Waals surface area contributed by atoms with Crippen LogP contribution in [0.5, 0.6) is 0 Å². The summed E-state index contributed by atoms with van der Waals surface area (Å²) in [6.07, 6.45) is 3.30. The summed E-state index contributed by atoms with van der Waals surface area (Å²) >= 11 is 6.18. The molecule has 0 aliphatic heterocycles. The highest BCUT2D eigenvalue weighted by molar-refractivity contribution is 6.29. The van der Waals surface area contributed by atoms with Crippen molar-refractivity contribution in [2.75, 3.05) is 11.6 Å². The van der Waals surface area contributed by atoms with Crippen LogP contribution in [0.15, 0.2) is 53.9 Å². The molecule has 0 radical (unpaired) electrons. The molecule has 0 bridgehead atoms. The number of hydrogen-bond acceptors (Lipinski definition) is 6. The largest absolute Gasteiger partial charge is 0.380 e. The summed E-state index contributed by atoms with van der Waals surface area (Å²) < 4.78 is 16.3. The Labute approximate surface area is 157 Å². The second-order valence-electron chi connectivity index (χ2n) is 5.75. The van der Waals surface area contributed by atoms with Crippen LogP contribution in [0.2, 0.25) is 5.15 Å². The molecule has 136 valence electrons. The van der Waals surface area contributed by atoms with E-state index in [1.807, 2.05) is 6.07 Å². The topological polar surface area (TPSA) is 126 Å². The molecule has 0 amide bonds. The minimum atomic E-state index is -0.367. The van der Waals surface area contributed by atoms with Crippen molar-refractivity contribution in [3.63, 3.8) is 0 Å². The maximum Gasteiger partial charge on any atom is 0.213 e. The maximum absolute atomic E-state index is 13.4. The van der Waals surface area contributed by atoms with Crippen LogP contribution in [0.1, 0.15) is 0 Å². The fraction of sp³-hybridized carbons (Fsp3) is 0. The molecule has 0 saturated carbocycles. The van der Waals surface area contributed by atoms with Crippen LogP contribution in [-0.2, 0) is 0 Å². The van der Waals surface area contributed by atoms with Gasteiger partial charge in [0.25, 0.3) is 0 Å². The molecular formula is C17H14ClFN8. The zero-order valence-electron chi connectivity index (χ0n) is 13.8. The lowest BCUT2D eigenvalue weighted by Crippen LogP contribution is -2.34. The fourth-order valence-electron chi connectivity index (χ4n) is 2.87. The molecule has 27 heavy (non-hydrogen) atoms. The van der Waals surface area contributed by atoms with Gasteiger partial charge in [-0.15, -0.1) is 0 Å². The van der Waals surface area contributed by atoms with Gasteiger partial charge in [0.05, 0.1) is 17.6 Å². The predicted octanol–water partition coefficient (Wildman–Crippen LogP) is 1.73. The van der Waals surface area contributed by atoms with Crippen molar-refractivity contribution in [1.29, 1.82) is 0 Å². The molecule has 0 spiro atoms. The number of nitrogen functional groups attached to an aromatic ring is 2. The Kier molecular flexibility index (Phi) is 3.93. The molecule has 0 fully saturated rings. The highest BCUT2D eigenvalue weighted by atomic mass is 35.5. The Hall–Kier alpha value is -3.59. The van der Waals surface area contributed by atoms with Gasteiger partial charge in [0.2, 0.25) is 5.49 Å². The summed E-state index contributed by atoms with van der Waals surface area (Å²) in [5.74, 6) is 11.3. The van der Waals surface area contributed by atoms with E-state index in [1.165, 1.54) is 16.8 Å². The minimum Gasteiger partial charge on any atom is -0.380 e. The molecule has 8 nitrogen and oxygen atoms in total. The van der Waals surface area contributed by atoms with E-state index in [9.17, 15) is 4.39 Å². The Morgan fingerprint density at radius 1 is 1.07 bits per heavy atom. The lowest BCUT2D eigenvalue weighted by Gasteiger charge is -2.16. The predicted molar refractivity (Wildman–Crippen MR) is 101 cm³/mol.